The van der Waals surface area contributed by atoms with Gasteiger partial charge in [-0.05, 0) is 76.5 Å². The molecule has 8 amide bonds. The third kappa shape index (κ3) is 15.6. The van der Waals surface area contributed by atoms with Gasteiger partial charge in [-0.2, -0.15) is 0 Å². The van der Waals surface area contributed by atoms with Crippen LogP contribution in [-0.2, 0) is 54.2 Å². The number of likely N-dealkylation sites (tertiary alicyclic amines) is 1. The molecule has 0 spiro atoms. The number of urea groups is 1. The molecule has 1 aromatic carbocycles. The average molecular weight is 1100 g/mol. The van der Waals surface area contributed by atoms with Crippen LogP contribution in [0, 0.1) is 29.6 Å². The normalized spacial score (nSPS) is 27.9. The van der Waals surface area contributed by atoms with Crippen molar-refractivity contribution in [3.8, 4) is 5.75 Å². The number of ether oxygens (including phenoxy) is 4. The summed E-state index contributed by atoms with van der Waals surface area (Å²) in [5.74, 6) is -5.59. The number of aliphatic hydroxyl groups is 1. The number of amides is 8. The predicted molar refractivity (Wildman–Crippen MR) is 285 cm³/mol. The number of allylic oxidation sites excluding steroid dienone is 3. The number of nitrogens with zero attached hydrogens (tertiary/aromatic N) is 3. The zero-order valence-corrected chi connectivity index (χ0v) is 47.2. The highest BCUT2D eigenvalue weighted by Crippen LogP contribution is 2.49. The molecule has 11 atom stereocenters. The molecule has 0 radical (unpaired) electrons. The molecular weight excluding hydrogens is 1020 g/mol. The number of hydrogen-bond donors (Lipinski definition) is 5. The van der Waals surface area contributed by atoms with Crippen molar-refractivity contribution in [1.82, 2.24) is 25.8 Å². The third-order valence-electron chi connectivity index (χ3n) is 15.6. The van der Waals surface area contributed by atoms with Gasteiger partial charge in [0.05, 0.1) is 25.3 Å². The Kier molecular flexibility index (Phi) is 21.3. The van der Waals surface area contributed by atoms with Crippen LogP contribution >= 0.6 is 11.6 Å². The summed E-state index contributed by atoms with van der Waals surface area (Å²) >= 11 is 6.85. The molecule has 0 saturated carbocycles. The van der Waals surface area contributed by atoms with Crippen LogP contribution in [0.25, 0.3) is 0 Å². The maximum absolute atomic E-state index is 14.5. The first-order valence-electron chi connectivity index (χ1n) is 26.6. The van der Waals surface area contributed by atoms with Gasteiger partial charge in [-0.25, -0.2) is 14.4 Å². The number of Topliss-reactive ketones (excluding diaryl/α,β-unsaturated/α-hetero) is 1. The van der Waals surface area contributed by atoms with Crippen LogP contribution in [0.5, 0.6) is 5.75 Å². The van der Waals surface area contributed by atoms with Crippen molar-refractivity contribution in [2.24, 2.45) is 35.3 Å². The van der Waals surface area contributed by atoms with Gasteiger partial charge in [0.1, 0.15) is 52.2 Å². The van der Waals surface area contributed by atoms with Crippen LogP contribution in [-0.4, -0.2) is 144 Å². The second-order valence-corrected chi connectivity index (χ2v) is 22.2. The number of halogens is 1. The molecule has 4 aliphatic rings. The predicted octanol–water partition coefficient (Wildman–Crippen LogP) is 5.26. The number of unbranched alkanes of at least 4 members (excludes halogenated alkanes) is 2. The van der Waals surface area contributed by atoms with Crippen LogP contribution < -0.4 is 31.3 Å². The first-order valence-corrected chi connectivity index (χ1v) is 27.0. The monoisotopic (exact) mass is 1100 g/mol. The maximum Gasteiger partial charge on any atom is 0.409 e. The van der Waals surface area contributed by atoms with Crippen LogP contribution in [0.4, 0.5) is 15.3 Å². The Bertz CT molecular complexity index is 2470. The van der Waals surface area contributed by atoms with Gasteiger partial charge in [-0.15, -0.1) is 0 Å². The van der Waals surface area contributed by atoms with Gasteiger partial charge in [0.2, 0.25) is 29.5 Å². The highest BCUT2D eigenvalue weighted by molar-refractivity contribution is 6.35. The van der Waals surface area contributed by atoms with Gasteiger partial charge in [0, 0.05) is 76.5 Å². The van der Waals surface area contributed by atoms with Crippen LogP contribution in [0.2, 0.25) is 5.02 Å². The SMILES string of the molecule is COc1cc2cc(c1Cl)N(C)C(=O)CC(OC(=O)[C@H](C)N(C)C(=O)[C@H](CCCNC(N)=O)NC(=O)[C@@H](CC(=O)CCCCCN1C(=O)CC(C)C1=O)C(C)C)C1(C)OC1C(C)C1CC(O)(NC(=O)O1)C(C)/C=C/C=C(\C)C2. The number of ketones is 1. The fourth-order valence-corrected chi connectivity index (χ4v) is 10.5. The van der Waals surface area contributed by atoms with E-state index in [1.54, 1.807) is 65.8 Å². The minimum absolute atomic E-state index is 0.00131. The van der Waals surface area contributed by atoms with E-state index >= 15 is 0 Å². The summed E-state index contributed by atoms with van der Waals surface area (Å²) in [6.07, 6.45) is 3.72. The second-order valence-electron chi connectivity index (χ2n) is 21.9. The Hall–Kier alpha value is -6.06. The number of fused-ring (bicyclic) bond motifs is 5. The number of methoxy groups -OCH3 is 1. The highest BCUT2D eigenvalue weighted by atomic mass is 35.5. The van der Waals surface area contributed by atoms with Crippen LogP contribution in [0.15, 0.2) is 35.9 Å². The molecule has 22 heteroatoms. The number of hydrogen-bond acceptors (Lipinski definition) is 14. The number of esters is 1. The molecular formula is C55H80ClN7O14. The largest absolute Gasteiger partial charge is 0.495 e. The fraction of sp³-hybridized carbons (Fsp3) is 0.655. The minimum Gasteiger partial charge on any atom is -0.495 e. The first-order chi connectivity index (χ1) is 36.1. The summed E-state index contributed by atoms with van der Waals surface area (Å²) in [5.41, 5.74) is 4.23. The van der Waals surface area contributed by atoms with Crippen molar-refractivity contribution in [1.29, 1.82) is 0 Å². The van der Waals surface area contributed by atoms with Gasteiger partial charge in [0.25, 0.3) is 0 Å². The van der Waals surface area contributed by atoms with E-state index in [0.29, 0.717) is 37.1 Å². The Labute approximate surface area is 456 Å². The van der Waals surface area contributed by atoms with Crippen molar-refractivity contribution >= 4 is 70.7 Å². The van der Waals surface area contributed by atoms with E-state index in [4.69, 9.17) is 36.3 Å². The summed E-state index contributed by atoms with van der Waals surface area (Å²) in [5, 5.41) is 19.9. The second kappa shape index (κ2) is 26.5. The van der Waals surface area contributed by atoms with Gasteiger partial charge in [0.15, 0.2) is 0 Å². The number of carbonyl (C=O) groups is 9. The van der Waals surface area contributed by atoms with E-state index < -0.39 is 102 Å². The fourth-order valence-electron chi connectivity index (χ4n) is 10.2. The molecule has 6 N–H and O–H groups in total. The number of anilines is 1. The molecule has 3 saturated heterocycles. The lowest BCUT2D eigenvalue weighted by molar-refractivity contribution is -0.162. The first kappa shape index (κ1) is 61.8. The quantitative estimate of drug-likeness (QED) is 0.0482. The Morgan fingerprint density at radius 1 is 1.03 bits per heavy atom. The minimum atomic E-state index is -1.71. The van der Waals surface area contributed by atoms with Gasteiger partial charge in [-0.1, -0.05) is 76.4 Å². The molecule has 21 nitrogen and oxygen atoms in total. The van der Waals surface area contributed by atoms with E-state index in [2.05, 4.69) is 16.0 Å². The summed E-state index contributed by atoms with van der Waals surface area (Å²) in [4.78, 5) is 124. The zero-order chi connectivity index (χ0) is 57.3. The number of imide groups is 1. The number of carbonyl (C=O) groups excluding carboxylic acids is 9. The molecule has 0 aliphatic carbocycles. The summed E-state index contributed by atoms with van der Waals surface area (Å²) in [6, 6.07) is 0.189. The number of alkyl carbamates (subject to hydrolysis) is 1. The summed E-state index contributed by atoms with van der Waals surface area (Å²) in [7, 11) is 4.35. The number of primary amides is 1. The number of rotatable bonds is 20. The molecule has 77 heavy (non-hydrogen) atoms. The molecule has 4 aliphatic heterocycles. The van der Waals surface area contributed by atoms with Crippen LogP contribution in [0.3, 0.4) is 0 Å². The summed E-state index contributed by atoms with van der Waals surface area (Å²) in [6.45, 7) is 14.2. The number of nitrogens with one attached hydrogen (secondary N) is 3. The van der Waals surface area contributed by atoms with Crippen molar-refractivity contribution in [3.05, 3.63) is 46.5 Å². The van der Waals surface area contributed by atoms with Crippen molar-refractivity contribution in [2.45, 2.75) is 168 Å². The van der Waals surface area contributed by atoms with E-state index in [0.717, 1.165) is 16.0 Å². The Morgan fingerprint density at radius 3 is 2.36 bits per heavy atom. The lowest BCUT2D eigenvalue weighted by atomic mass is 9.82. The number of likely N-dealkylation sites (N-methyl/N-ethyl adjacent to an activating group) is 1. The van der Waals surface area contributed by atoms with Crippen molar-refractivity contribution < 1.29 is 67.2 Å². The highest BCUT2D eigenvalue weighted by Gasteiger charge is 2.64. The molecule has 3 fully saturated rings. The molecule has 0 aromatic heterocycles. The third-order valence-corrected chi connectivity index (χ3v) is 16.0. The summed E-state index contributed by atoms with van der Waals surface area (Å²) < 4.78 is 23.9. The van der Waals surface area contributed by atoms with Gasteiger partial charge < -0.3 is 50.2 Å². The molecule has 1 aromatic rings. The Balaban J connectivity index is 1.36. The molecule has 5 rings (SSSR count). The Morgan fingerprint density at radius 2 is 1.73 bits per heavy atom. The van der Waals surface area contributed by atoms with E-state index in [1.807, 2.05) is 13.0 Å². The molecule has 8 unspecified atom stereocenters. The van der Waals surface area contributed by atoms with Crippen LogP contribution in [0.1, 0.15) is 125 Å². The zero-order valence-electron chi connectivity index (χ0n) is 46.4. The average Bonchev–Trinajstić information content (AvgIpc) is 4.00. The van der Waals surface area contributed by atoms with E-state index in [9.17, 15) is 48.3 Å². The maximum atomic E-state index is 14.5. The number of nitrogens with two attached hydrogens (primary N) is 1. The number of epoxide rings is 1. The van der Waals surface area contributed by atoms with Gasteiger partial charge in [-0.3, -0.25) is 39.0 Å². The lowest BCUT2D eigenvalue weighted by Crippen LogP contribution is -2.60. The molecule has 4 bridgehead atoms. The van der Waals surface area contributed by atoms with Crippen molar-refractivity contribution in [3.63, 3.8) is 0 Å². The molecule has 4 heterocycles. The van der Waals surface area contributed by atoms with Crippen molar-refractivity contribution in [2.75, 3.05) is 39.2 Å². The van der Waals surface area contributed by atoms with Gasteiger partial charge >= 0.3 is 18.1 Å². The standard InChI is InChI=1S/C55H80ClN7O14/c1-30(2)38(27-37(64)19-13-12-14-22-63-45(66)24-32(4)49(63)68)48(67)59-39(20-16-21-58-52(57)71)50(69)61(9)35(7)51(70)76-43-28-44(65)62(10)40-25-36(26-41(74-11)46(40)56)23-31(3)17-15-18-33(5)55(73)29-42(75-53(72)60-55)34(6)47-54(43,8)77-47/h15,17-18,25-26,30,32-35,38-39,42-43,47,73H,12-14,16,19-24,27-29H2,1-11H3,(H,59,67)(H,60,72)(H3,57,58,71)/b18-15+,31-17+/t32?,33?,34?,35-,38-,39-,42?,43?,47?,54?,55?/m0/s1. The smallest absolute Gasteiger partial charge is 0.409 e. The van der Waals surface area contributed by atoms with E-state index in [1.165, 1.54) is 37.9 Å². The lowest BCUT2D eigenvalue weighted by Gasteiger charge is -2.41. The van der Waals surface area contributed by atoms with E-state index in [-0.39, 0.29) is 86.1 Å². The topological polar surface area (TPSA) is 286 Å². The number of benzene rings is 1. The molecule has 426 valence electrons.